The molecule has 360 valence electrons. The minimum absolute atomic E-state index is 0. The van der Waals surface area contributed by atoms with Gasteiger partial charge in [-0.3, -0.25) is 4.79 Å². The summed E-state index contributed by atoms with van der Waals surface area (Å²) in [6.45, 7) is -0.760. The number of halogens is 15. The number of rotatable bonds is 7. The smallest absolute Gasteiger partial charge is 0.389 e. The lowest BCUT2D eigenvalue weighted by atomic mass is 10.1. The van der Waals surface area contributed by atoms with Crippen molar-refractivity contribution >= 4 is 56.3 Å². The molecule has 4 aromatic carbocycles. The fraction of sp³-hybridized carbons (Fsp3) is 0.0769. The highest BCUT2D eigenvalue weighted by Gasteiger charge is 2.33. The first kappa shape index (κ1) is 53.4. The Balaban J connectivity index is 0.000000249. The molecule has 0 atom stereocenters. The van der Waals surface area contributed by atoms with Gasteiger partial charge in [0.2, 0.25) is 58.1 Å². The number of carbonyl (C=O) groups excluding carboxylic acids is 2. The Kier molecular flexibility index (Phi) is 16.4. The van der Waals surface area contributed by atoms with Crippen molar-refractivity contribution in [3.8, 4) is 29.6 Å². The maximum Gasteiger partial charge on any atom is 0.389 e. The van der Waals surface area contributed by atoms with E-state index in [4.69, 9.17) is 10.6 Å². The van der Waals surface area contributed by atoms with Gasteiger partial charge in [0.15, 0.2) is 63.3 Å². The third-order valence-electron chi connectivity index (χ3n) is 8.41. The van der Waals surface area contributed by atoms with Crippen LogP contribution in [0.5, 0.6) is 17.2 Å². The summed E-state index contributed by atoms with van der Waals surface area (Å²) in [6.07, 6.45) is 4.50. The first-order valence-corrected chi connectivity index (χ1v) is 18.1. The predicted octanol–water partition coefficient (Wildman–Crippen LogP) is 9.09. The van der Waals surface area contributed by atoms with Crippen LogP contribution in [0.2, 0.25) is 0 Å². The summed E-state index contributed by atoms with van der Waals surface area (Å²) in [5.74, 6) is -35.0. The molecule has 0 aliphatic rings. The van der Waals surface area contributed by atoms with E-state index in [2.05, 4.69) is 40.3 Å². The van der Waals surface area contributed by atoms with Gasteiger partial charge in [-0.15, -0.1) is 11.5 Å². The first-order valence-electron chi connectivity index (χ1n) is 17.0. The van der Waals surface area contributed by atoms with Gasteiger partial charge in [0.05, 0.1) is 13.1 Å². The number of ether oxygens (including phenoxy) is 1. The molecule has 0 saturated heterocycles. The van der Waals surface area contributed by atoms with Crippen molar-refractivity contribution in [2.24, 2.45) is 5.11 Å². The fourth-order valence-electron chi connectivity index (χ4n) is 5.35. The van der Waals surface area contributed by atoms with Crippen LogP contribution < -0.4 is 16.0 Å². The van der Waals surface area contributed by atoms with Crippen LogP contribution in [-0.2, 0) is 17.9 Å². The fourth-order valence-corrected chi connectivity index (χ4v) is 5.97. The van der Waals surface area contributed by atoms with Crippen LogP contribution in [-0.4, -0.2) is 37.0 Å². The van der Waals surface area contributed by atoms with Crippen LogP contribution in [0.15, 0.2) is 47.8 Å². The van der Waals surface area contributed by atoms with Crippen LogP contribution in [0.3, 0.4) is 0 Å². The maximum absolute atomic E-state index is 14.1. The highest BCUT2D eigenvalue weighted by molar-refractivity contribution is 14.1. The molecule has 0 fully saturated rings. The number of nitrogens with zero attached hydrogens (tertiary/aromatic N) is 6. The Morgan fingerprint density at radius 1 is 0.710 bits per heavy atom. The van der Waals surface area contributed by atoms with Gasteiger partial charge in [0, 0.05) is 33.7 Å². The van der Waals surface area contributed by atoms with Crippen LogP contribution in [0.25, 0.3) is 32.4 Å². The predicted molar refractivity (Wildman–Crippen MR) is 210 cm³/mol. The van der Waals surface area contributed by atoms with E-state index >= 15 is 0 Å². The Hall–Kier alpha value is -8.20. The number of phenols is 2. The number of fused-ring (bicyclic) bond motifs is 2. The first-order chi connectivity index (χ1) is 31.9. The lowest BCUT2D eigenvalue weighted by Gasteiger charge is -2.08. The van der Waals surface area contributed by atoms with Crippen LogP contribution >= 0.6 is 22.6 Å². The third-order valence-corrected chi connectivity index (χ3v) is 9.48. The minimum Gasteiger partial charge on any atom is -0.503 e. The Labute approximate surface area is 383 Å². The molecule has 15 nitrogen and oxygen atoms in total. The van der Waals surface area contributed by atoms with Crippen LogP contribution in [0, 0.1) is 97.5 Å². The quantitative estimate of drug-likeness (QED) is 0.0122. The molecule has 0 radical (unpaired) electrons. The van der Waals surface area contributed by atoms with E-state index < -0.39 is 151 Å². The van der Waals surface area contributed by atoms with E-state index in [-0.39, 0.29) is 39.6 Å². The van der Waals surface area contributed by atoms with Crippen molar-refractivity contribution in [1.29, 1.82) is 0 Å². The summed E-state index contributed by atoms with van der Waals surface area (Å²) in [4.78, 5) is 48.5. The SMILES string of the molecule is C.C#CC(=O)Oc1c(F)c(F)c(F)c(F)c1F.O=C(c1nnn(Cc2cc(=O)oc3c(F)c(O)c(F)cc23)c1I)c1c(F)c(F)c(F)c(F)c1F.[N-]=[N+]=NCc1cc(=O)oc2c(F)c(O)c(F)cc12. The lowest BCUT2D eigenvalue weighted by molar-refractivity contribution is -0.128. The zero-order valence-electron chi connectivity index (χ0n) is 31.9. The summed E-state index contributed by atoms with van der Waals surface area (Å²) in [7, 11) is 0. The molecule has 0 saturated carbocycles. The number of ketones is 1. The molecule has 0 bridgehead atoms. The molecule has 0 amide bonds. The molecule has 3 aromatic heterocycles. The van der Waals surface area contributed by atoms with Crippen molar-refractivity contribution in [3.05, 3.63) is 163 Å². The van der Waals surface area contributed by atoms with Gasteiger partial charge in [0.1, 0.15) is 9.26 Å². The number of carbonyl (C=O) groups is 2. The van der Waals surface area contributed by atoms with Crippen molar-refractivity contribution in [2.45, 2.75) is 20.5 Å². The second-order valence-electron chi connectivity index (χ2n) is 12.5. The average Bonchev–Trinajstić information content (AvgIpc) is 3.67. The Morgan fingerprint density at radius 3 is 1.58 bits per heavy atom. The zero-order valence-corrected chi connectivity index (χ0v) is 34.1. The van der Waals surface area contributed by atoms with Gasteiger partial charge in [-0.25, -0.2) is 63.0 Å². The number of aromatic nitrogens is 3. The highest BCUT2D eigenvalue weighted by atomic mass is 127. The Bertz CT molecular complexity index is 3440. The van der Waals surface area contributed by atoms with Crippen LogP contribution in [0.4, 0.5) is 61.5 Å². The number of phenolic OH excluding ortho intramolecular Hbond substituents is 2. The monoisotopic (exact) mass is 1100 g/mol. The van der Waals surface area contributed by atoms with E-state index in [1.807, 2.05) is 0 Å². The molecular formula is C39H15F14IN6O9. The van der Waals surface area contributed by atoms with Crippen LogP contribution in [0.1, 0.15) is 34.6 Å². The second-order valence-corrected chi connectivity index (χ2v) is 13.5. The van der Waals surface area contributed by atoms with E-state index in [0.29, 0.717) is 6.07 Å². The molecule has 7 aromatic rings. The molecule has 0 aliphatic carbocycles. The number of esters is 1. The van der Waals surface area contributed by atoms with E-state index in [0.717, 1.165) is 22.9 Å². The summed E-state index contributed by atoms with van der Waals surface area (Å²) in [6, 6.07) is 3.25. The number of hydrogen-bond acceptors (Lipinski definition) is 12. The standard InChI is InChI=1S/C19H5F7IN3O4.C10H5F2N3O3.C9HF5O2.CH4/c20-6-2-5-4(1-7(31)34-18(5)14(26)16(6)32)3-30-19(27)15(28-29-30)17(33)8-9(21)11(23)13(25)12(24)10(8)22;11-6-2-5-4(3-14-15-13)1-7(16)18-10(5)8(12)9(6)17;1-2-3(15)16-9-7(13)5(11)4(10)6(12)8(9)14;/h1-2,32H,3H2;1-2,17H,3H2;1H;1H4. The van der Waals surface area contributed by atoms with Crippen molar-refractivity contribution in [2.75, 3.05) is 0 Å². The van der Waals surface area contributed by atoms with Gasteiger partial charge >= 0.3 is 17.2 Å². The molecule has 0 aliphatic heterocycles. The molecule has 2 N–H and O–H groups in total. The van der Waals surface area contributed by atoms with Crippen molar-refractivity contribution in [3.63, 3.8) is 0 Å². The normalized spacial score (nSPS) is 10.6. The number of terminal acetylenes is 1. The Morgan fingerprint density at radius 2 is 1.13 bits per heavy atom. The minimum atomic E-state index is -2.45. The van der Waals surface area contributed by atoms with Crippen molar-refractivity contribution < 1.29 is 94.8 Å². The summed E-state index contributed by atoms with van der Waals surface area (Å²) < 4.78 is 200. The molecule has 0 unspecified atom stereocenters. The number of azide groups is 1. The molecule has 30 heteroatoms. The number of benzene rings is 4. The third kappa shape index (κ3) is 10.4. The average molecular weight is 1100 g/mol. The van der Waals surface area contributed by atoms with E-state index in [9.17, 15) is 85.8 Å². The van der Waals surface area contributed by atoms with Gasteiger partial charge in [-0.05, 0) is 51.4 Å². The van der Waals surface area contributed by atoms with E-state index in [1.165, 1.54) is 28.5 Å². The second kappa shape index (κ2) is 21.2. The largest absolute Gasteiger partial charge is 0.503 e. The van der Waals surface area contributed by atoms with Gasteiger partial charge in [-0.1, -0.05) is 17.8 Å². The summed E-state index contributed by atoms with van der Waals surface area (Å²) in [5.41, 5.74) is 2.27. The zero-order chi connectivity index (χ0) is 50.8. The number of aromatic hydroxyl groups is 2. The molecular weight excluding hydrogens is 1090 g/mol. The molecule has 69 heavy (non-hydrogen) atoms. The van der Waals surface area contributed by atoms with Crippen molar-refractivity contribution in [1.82, 2.24) is 15.0 Å². The lowest BCUT2D eigenvalue weighted by Crippen LogP contribution is -2.15. The summed E-state index contributed by atoms with van der Waals surface area (Å²) >= 11 is 1.42. The topological polar surface area (TPSA) is 224 Å². The molecule has 3 heterocycles. The maximum atomic E-state index is 14.1. The highest BCUT2D eigenvalue weighted by Crippen LogP contribution is 2.33. The van der Waals surface area contributed by atoms with Gasteiger partial charge in [0.25, 0.3) is 0 Å². The van der Waals surface area contributed by atoms with Gasteiger partial charge in [-0.2, -0.15) is 17.6 Å². The summed E-state index contributed by atoms with van der Waals surface area (Å²) in [5, 5.41) is 28.2. The molecule has 0 spiro atoms. The number of hydrogen-bond donors (Lipinski definition) is 2. The van der Waals surface area contributed by atoms with Gasteiger partial charge < -0.3 is 23.8 Å². The van der Waals surface area contributed by atoms with E-state index in [1.54, 1.807) is 0 Å². The molecule has 7 rings (SSSR count).